The molecular formula is C17H19F3N4. The molecule has 0 spiro atoms. The number of nitrogen functional groups attached to an aromatic ring is 1. The Kier molecular flexibility index (Phi) is 4.34. The smallest absolute Gasteiger partial charge is 0.368 e. The summed E-state index contributed by atoms with van der Waals surface area (Å²) >= 11 is 0. The fourth-order valence-electron chi connectivity index (χ4n) is 2.83. The summed E-state index contributed by atoms with van der Waals surface area (Å²) in [6, 6.07) is 6.71. The minimum absolute atomic E-state index is 0.126. The van der Waals surface area contributed by atoms with Gasteiger partial charge in [0.25, 0.3) is 0 Å². The van der Waals surface area contributed by atoms with E-state index in [2.05, 4.69) is 21.8 Å². The molecule has 1 saturated heterocycles. The molecule has 7 heteroatoms. The Hall–Kier alpha value is -2.31. The van der Waals surface area contributed by atoms with Crippen LogP contribution in [0.25, 0.3) is 11.3 Å². The topological polar surface area (TPSA) is 55.0 Å². The molecule has 0 aliphatic carbocycles. The van der Waals surface area contributed by atoms with Gasteiger partial charge in [-0.3, -0.25) is 0 Å². The predicted octanol–water partition coefficient (Wildman–Crippen LogP) is 3.98. The molecule has 128 valence electrons. The summed E-state index contributed by atoms with van der Waals surface area (Å²) in [5, 5.41) is 0. The first-order chi connectivity index (χ1) is 11.3. The lowest BCUT2D eigenvalue weighted by Crippen LogP contribution is -2.33. The average Bonchev–Trinajstić information content (AvgIpc) is 2.54. The highest BCUT2D eigenvalue weighted by Crippen LogP contribution is 2.31. The van der Waals surface area contributed by atoms with Crippen LogP contribution in [-0.2, 0) is 6.18 Å². The van der Waals surface area contributed by atoms with E-state index in [1.807, 2.05) is 0 Å². The van der Waals surface area contributed by atoms with Gasteiger partial charge in [-0.15, -0.1) is 0 Å². The second kappa shape index (κ2) is 6.30. The molecule has 0 saturated carbocycles. The molecule has 2 aromatic rings. The average molecular weight is 336 g/mol. The molecule has 1 aliphatic heterocycles. The van der Waals surface area contributed by atoms with Gasteiger partial charge in [0, 0.05) is 24.7 Å². The molecule has 1 aromatic heterocycles. The number of nitrogens with zero attached hydrogens (tertiary/aromatic N) is 3. The lowest BCUT2D eigenvalue weighted by atomic mass is 9.99. The zero-order valence-electron chi connectivity index (χ0n) is 13.3. The molecule has 3 rings (SSSR count). The van der Waals surface area contributed by atoms with Crippen LogP contribution < -0.4 is 10.6 Å². The Morgan fingerprint density at radius 2 is 1.71 bits per heavy atom. The zero-order chi connectivity index (χ0) is 17.3. The Bertz CT molecular complexity index is 705. The molecule has 1 aromatic carbocycles. The number of nitrogens with two attached hydrogens (primary N) is 1. The number of hydrogen-bond donors (Lipinski definition) is 1. The molecule has 0 atom stereocenters. The van der Waals surface area contributed by atoms with Crippen molar-refractivity contribution in [1.82, 2.24) is 9.97 Å². The number of alkyl halides is 3. The number of halogens is 3. The van der Waals surface area contributed by atoms with Gasteiger partial charge < -0.3 is 10.6 Å². The van der Waals surface area contributed by atoms with Crippen LogP contribution in [0.2, 0.25) is 0 Å². The van der Waals surface area contributed by atoms with Crippen molar-refractivity contribution >= 4 is 11.8 Å². The van der Waals surface area contributed by atoms with Crippen LogP contribution in [0.3, 0.4) is 0 Å². The Labute approximate surface area is 138 Å². The Morgan fingerprint density at radius 1 is 1.08 bits per heavy atom. The van der Waals surface area contributed by atoms with Gasteiger partial charge in [-0.2, -0.15) is 18.2 Å². The number of rotatable bonds is 2. The van der Waals surface area contributed by atoms with Crippen LogP contribution in [-0.4, -0.2) is 23.1 Å². The number of anilines is 2. The van der Waals surface area contributed by atoms with Crippen molar-refractivity contribution in [1.29, 1.82) is 0 Å². The standard InChI is InChI=1S/C17H19F3N4/c1-11-6-8-24(9-7-11)15-10-14(22-16(21)23-15)12-2-4-13(5-3-12)17(18,19)20/h2-5,10-11H,6-9H2,1H3,(H2,21,22,23). The molecule has 0 amide bonds. The highest BCUT2D eigenvalue weighted by Gasteiger charge is 2.30. The molecule has 1 aliphatic rings. The van der Waals surface area contributed by atoms with Crippen molar-refractivity contribution in [3.05, 3.63) is 35.9 Å². The molecule has 0 unspecified atom stereocenters. The normalized spacial score (nSPS) is 16.4. The van der Waals surface area contributed by atoms with Crippen molar-refractivity contribution < 1.29 is 13.2 Å². The lowest BCUT2D eigenvalue weighted by molar-refractivity contribution is -0.137. The third kappa shape index (κ3) is 3.60. The number of benzene rings is 1. The van der Waals surface area contributed by atoms with Crippen LogP contribution >= 0.6 is 0 Å². The van der Waals surface area contributed by atoms with E-state index in [0.29, 0.717) is 17.2 Å². The van der Waals surface area contributed by atoms with E-state index >= 15 is 0 Å². The fourth-order valence-corrected chi connectivity index (χ4v) is 2.83. The van der Waals surface area contributed by atoms with Gasteiger partial charge >= 0.3 is 6.18 Å². The van der Waals surface area contributed by atoms with Gasteiger partial charge in [-0.25, -0.2) is 4.98 Å². The first-order valence-electron chi connectivity index (χ1n) is 7.90. The van der Waals surface area contributed by atoms with Crippen molar-refractivity contribution in [2.24, 2.45) is 5.92 Å². The maximum Gasteiger partial charge on any atom is 0.416 e. The van der Waals surface area contributed by atoms with Gasteiger partial charge in [-0.1, -0.05) is 19.1 Å². The van der Waals surface area contributed by atoms with Crippen LogP contribution in [0.4, 0.5) is 24.9 Å². The third-order valence-corrected chi connectivity index (χ3v) is 4.35. The highest BCUT2D eigenvalue weighted by atomic mass is 19.4. The zero-order valence-corrected chi connectivity index (χ0v) is 13.3. The molecule has 4 nitrogen and oxygen atoms in total. The van der Waals surface area contributed by atoms with Gasteiger partial charge in [0.2, 0.25) is 5.95 Å². The molecule has 24 heavy (non-hydrogen) atoms. The van der Waals surface area contributed by atoms with E-state index in [0.717, 1.165) is 43.9 Å². The lowest BCUT2D eigenvalue weighted by Gasteiger charge is -2.31. The highest BCUT2D eigenvalue weighted by molar-refractivity contribution is 5.65. The van der Waals surface area contributed by atoms with Crippen LogP contribution in [0.5, 0.6) is 0 Å². The minimum Gasteiger partial charge on any atom is -0.368 e. The van der Waals surface area contributed by atoms with Gasteiger partial charge in [0.1, 0.15) is 5.82 Å². The van der Waals surface area contributed by atoms with E-state index in [1.54, 1.807) is 6.07 Å². The summed E-state index contributed by atoms with van der Waals surface area (Å²) in [6.45, 7) is 4.01. The van der Waals surface area contributed by atoms with Crippen molar-refractivity contribution in [2.45, 2.75) is 25.9 Å². The van der Waals surface area contributed by atoms with Crippen LogP contribution in [0, 0.1) is 5.92 Å². The third-order valence-electron chi connectivity index (χ3n) is 4.35. The predicted molar refractivity (Wildman–Crippen MR) is 87.5 cm³/mol. The van der Waals surface area contributed by atoms with Gasteiger partial charge in [0.15, 0.2) is 0 Å². The molecule has 2 heterocycles. The first-order valence-corrected chi connectivity index (χ1v) is 7.90. The van der Waals surface area contributed by atoms with E-state index in [9.17, 15) is 13.2 Å². The number of aromatic nitrogens is 2. The molecular weight excluding hydrogens is 317 g/mol. The number of hydrogen-bond acceptors (Lipinski definition) is 4. The summed E-state index contributed by atoms with van der Waals surface area (Å²) in [6.07, 6.45) is -2.18. The van der Waals surface area contributed by atoms with Crippen LogP contribution in [0.15, 0.2) is 30.3 Å². The molecule has 2 N–H and O–H groups in total. The quantitative estimate of drug-likeness (QED) is 0.901. The maximum absolute atomic E-state index is 12.7. The summed E-state index contributed by atoms with van der Waals surface area (Å²) < 4.78 is 38.0. The van der Waals surface area contributed by atoms with E-state index < -0.39 is 11.7 Å². The van der Waals surface area contributed by atoms with Crippen molar-refractivity contribution in [3.8, 4) is 11.3 Å². The number of piperidine rings is 1. The Morgan fingerprint density at radius 3 is 2.29 bits per heavy atom. The van der Waals surface area contributed by atoms with Crippen molar-refractivity contribution in [3.63, 3.8) is 0 Å². The summed E-state index contributed by atoms with van der Waals surface area (Å²) in [4.78, 5) is 10.6. The van der Waals surface area contributed by atoms with Crippen LogP contribution in [0.1, 0.15) is 25.3 Å². The minimum atomic E-state index is -4.35. The van der Waals surface area contributed by atoms with Gasteiger partial charge in [-0.05, 0) is 30.9 Å². The fraction of sp³-hybridized carbons (Fsp3) is 0.412. The molecule has 0 radical (unpaired) electrons. The molecule has 0 bridgehead atoms. The Balaban J connectivity index is 1.88. The maximum atomic E-state index is 12.7. The van der Waals surface area contributed by atoms with E-state index in [4.69, 9.17) is 5.73 Å². The monoisotopic (exact) mass is 336 g/mol. The summed E-state index contributed by atoms with van der Waals surface area (Å²) in [5.41, 5.74) is 6.24. The summed E-state index contributed by atoms with van der Waals surface area (Å²) in [7, 11) is 0. The van der Waals surface area contributed by atoms with E-state index in [1.165, 1.54) is 12.1 Å². The SMILES string of the molecule is CC1CCN(c2cc(-c3ccc(C(F)(F)F)cc3)nc(N)n2)CC1. The second-order valence-corrected chi connectivity index (χ2v) is 6.21. The molecule has 1 fully saturated rings. The van der Waals surface area contributed by atoms with Gasteiger partial charge in [0.05, 0.1) is 11.3 Å². The first kappa shape index (κ1) is 16.5. The summed E-state index contributed by atoms with van der Waals surface area (Å²) in [5.74, 6) is 1.54. The van der Waals surface area contributed by atoms with E-state index in [-0.39, 0.29) is 5.95 Å². The van der Waals surface area contributed by atoms with Crippen molar-refractivity contribution in [2.75, 3.05) is 23.7 Å². The second-order valence-electron chi connectivity index (χ2n) is 6.21. The largest absolute Gasteiger partial charge is 0.416 e.